The molecule has 0 bridgehead atoms. The number of rotatable bonds is 0. The van der Waals surface area contributed by atoms with E-state index in [1.807, 2.05) is 12.2 Å². The number of hydrogen-bond donors (Lipinski definition) is 1. The molecular formula is C10H14O. The monoisotopic (exact) mass is 150 g/mol. The van der Waals surface area contributed by atoms with Crippen LogP contribution in [0.5, 0.6) is 0 Å². The Hall–Kier alpha value is -0.740. The minimum atomic E-state index is -0.147. The lowest BCUT2D eigenvalue weighted by Gasteiger charge is -2.06. The van der Waals surface area contributed by atoms with Crippen LogP contribution in [0.1, 0.15) is 32.1 Å². The van der Waals surface area contributed by atoms with Crippen LogP contribution >= 0.6 is 0 Å². The molecule has 60 valence electrons. The first-order valence-corrected chi connectivity index (χ1v) is 4.21. The second-order valence-electron chi connectivity index (χ2n) is 2.86. The maximum Gasteiger partial charge on any atom is 0.0575 e. The Morgan fingerprint density at radius 1 is 1.36 bits per heavy atom. The Kier molecular flexibility index (Phi) is 3.79. The summed E-state index contributed by atoms with van der Waals surface area (Å²) in [6, 6.07) is 0. The highest BCUT2D eigenvalue weighted by Gasteiger charge is 2.00. The minimum absolute atomic E-state index is 0.147. The van der Waals surface area contributed by atoms with E-state index in [0.29, 0.717) is 0 Å². The molecule has 0 saturated heterocycles. The smallest absolute Gasteiger partial charge is 0.0575 e. The normalized spacial score (nSPS) is 28.3. The quantitative estimate of drug-likeness (QED) is 0.523. The Morgan fingerprint density at radius 2 is 2.27 bits per heavy atom. The van der Waals surface area contributed by atoms with E-state index in [1.165, 1.54) is 0 Å². The van der Waals surface area contributed by atoms with Crippen LogP contribution in [0.3, 0.4) is 0 Å². The summed E-state index contributed by atoms with van der Waals surface area (Å²) in [7, 11) is 0. The van der Waals surface area contributed by atoms with Gasteiger partial charge in [0.2, 0.25) is 0 Å². The van der Waals surface area contributed by atoms with Gasteiger partial charge in [-0.2, -0.15) is 0 Å². The topological polar surface area (TPSA) is 20.2 Å². The molecule has 0 heterocycles. The van der Waals surface area contributed by atoms with Crippen molar-refractivity contribution in [2.75, 3.05) is 0 Å². The van der Waals surface area contributed by atoms with Gasteiger partial charge < -0.3 is 5.11 Å². The Balaban J connectivity index is 2.40. The van der Waals surface area contributed by atoms with Crippen LogP contribution in [-0.2, 0) is 0 Å². The molecule has 0 aliphatic heterocycles. The highest BCUT2D eigenvalue weighted by molar-refractivity contribution is 5.15. The van der Waals surface area contributed by atoms with E-state index in [0.717, 1.165) is 32.1 Å². The molecule has 1 aliphatic carbocycles. The van der Waals surface area contributed by atoms with Gasteiger partial charge in [0.15, 0.2) is 0 Å². The fraction of sp³-hybridized carbons (Fsp3) is 0.600. The molecule has 0 amide bonds. The number of allylic oxidation sites excluding steroid dienone is 1. The minimum Gasteiger partial charge on any atom is -0.393 e. The molecule has 1 nitrogen and oxygen atoms in total. The standard InChI is InChI=1S/C10H14O/c11-10-8-6-4-2-1-3-5-7-9-10/h5,7,10-11H,2,4,6,8-9H2/b7-5-. The van der Waals surface area contributed by atoms with Gasteiger partial charge in [-0.1, -0.05) is 17.9 Å². The van der Waals surface area contributed by atoms with Crippen molar-refractivity contribution in [1.82, 2.24) is 0 Å². The van der Waals surface area contributed by atoms with E-state index in [4.69, 9.17) is 0 Å². The van der Waals surface area contributed by atoms with Crippen LogP contribution in [0.4, 0.5) is 0 Å². The summed E-state index contributed by atoms with van der Waals surface area (Å²) in [4.78, 5) is 0. The fourth-order valence-electron chi connectivity index (χ4n) is 1.13. The van der Waals surface area contributed by atoms with E-state index < -0.39 is 0 Å². The molecule has 1 N–H and O–H groups in total. The van der Waals surface area contributed by atoms with Gasteiger partial charge in [0.05, 0.1) is 6.10 Å². The predicted molar refractivity (Wildman–Crippen MR) is 46.0 cm³/mol. The third-order valence-electron chi connectivity index (χ3n) is 1.80. The van der Waals surface area contributed by atoms with Gasteiger partial charge in [-0.25, -0.2) is 0 Å². The zero-order valence-corrected chi connectivity index (χ0v) is 6.71. The first-order valence-electron chi connectivity index (χ1n) is 4.21. The van der Waals surface area contributed by atoms with Crippen LogP contribution in [0.15, 0.2) is 12.2 Å². The highest BCUT2D eigenvalue weighted by Crippen LogP contribution is 2.07. The van der Waals surface area contributed by atoms with Crippen LogP contribution < -0.4 is 0 Å². The lowest BCUT2D eigenvalue weighted by Crippen LogP contribution is -2.04. The molecule has 0 radical (unpaired) electrons. The number of aliphatic hydroxyl groups is 1. The van der Waals surface area contributed by atoms with Gasteiger partial charge in [0, 0.05) is 6.42 Å². The van der Waals surface area contributed by atoms with Crippen molar-refractivity contribution in [3.05, 3.63) is 12.2 Å². The molecule has 0 spiro atoms. The van der Waals surface area contributed by atoms with E-state index in [-0.39, 0.29) is 6.10 Å². The molecule has 1 aliphatic rings. The van der Waals surface area contributed by atoms with E-state index in [9.17, 15) is 5.11 Å². The summed E-state index contributed by atoms with van der Waals surface area (Å²) in [6.07, 6.45) is 8.52. The first kappa shape index (κ1) is 8.36. The lowest BCUT2D eigenvalue weighted by molar-refractivity contribution is 0.164. The van der Waals surface area contributed by atoms with Crippen LogP contribution in [0, 0.1) is 11.8 Å². The molecule has 1 heteroatoms. The molecular weight excluding hydrogens is 136 g/mol. The molecule has 0 fully saturated rings. The van der Waals surface area contributed by atoms with Crippen molar-refractivity contribution in [2.24, 2.45) is 0 Å². The maximum absolute atomic E-state index is 9.33. The maximum atomic E-state index is 9.33. The third-order valence-corrected chi connectivity index (χ3v) is 1.80. The molecule has 11 heavy (non-hydrogen) atoms. The van der Waals surface area contributed by atoms with Gasteiger partial charge in [-0.05, 0) is 31.8 Å². The summed E-state index contributed by atoms with van der Waals surface area (Å²) < 4.78 is 0. The van der Waals surface area contributed by atoms with E-state index >= 15 is 0 Å². The van der Waals surface area contributed by atoms with Crippen LogP contribution in [0.2, 0.25) is 0 Å². The molecule has 1 atom stereocenters. The Bertz CT molecular complexity index is 183. The lowest BCUT2D eigenvalue weighted by atomic mass is 10.1. The summed E-state index contributed by atoms with van der Waals surface area (Å²) in [6.45, 7) is 0. The van der Waals surface area contributed by atoms with Crippen molar-refractivity contribution in [3.8, 4) is 11.8 Å². The first-order chi connectivity index (χ1) is 5.39. The molecule has 0 aromatic rings. The average Bonchev–Trinajstić information content (AvgIpc) is 2.03. The van der Waals surface area contributed by atoms with Gasteiger partial charge in [0.25, 0.3) is 0 Å². The molecule has 0 aromatic heterocycles. The fourth-order valence-corrected chi connectivity index (χ4v) is 1.13. The summed E-state index contributed by atoms with van der Waals surface area (Å²) in [5, 5.41) is 9.33. The largest absolute Gasteiger partial charge is 0.393 e. The van der Waals surface area contributed by atoms with Crippen LogP contribution in [0.25, 0.3) is 0 Å². The Labute approximate surface area is 68.1 Å². The molecule has 0 aromatic carbocycles. The second-order valence-corrected chi connectivity index (χ2v) is 2.86. The van der Waals surface area contributed by atoms with Crippen molar-refractivity contribution in [3.63, 3.8) is 0 Å². The summed E-state index contributed by atoms with van der Waals surface area (Å²) in [5.41, 5.74) is 0. The van der Waals surface area contributed by atoms with Crippen molar-refractivity contribution in [1.29, 1.82) is 0 Å². The third kappa shape index (κ3) is 3.85. The molecule has 0 saturated carbocycles. The van der Waals surface area contributed by atoms with Gasteiger partial charge in [-0.3, -0.25) is 0 Å². The molecule has 1 unspecified atom stereocenters. The van der Waals surface area contributed by atoms with Gasteiger partial charge in [0.1, 0.15) is 0 Å². The van der Waals surface area contributed by atoms with Crippen LogP contribution in [-0.4, -0.2) is 11.2 Å². The molecule has 1 rings (SSSR count). The van der Waals surface area contributed by atoms with Crippen molar-refractivity contribution in [2.45, 2.75) is 38.2 Å². The average molecular weight is 150 g/mol. The van der Waals surface area contributed by atoms with Gasteiger partial charge >= 0.3 is 0 Å². The highest BCUT2D eigenvalue weighted by atomic mass is 16.3. The number of hydrogen-bond acceptors (Lipinski definition) is 1. The van der Waals surface area contributed by atoms with Crippen molar-refractivity contribution >= 4 is 0 Å². The zero-order valence-electron chi connectivity index (χ0n) is 6.71. The second kappa shape index (κ2) is 4.98. The van der Waals surface area contributed by atoms with Gasteiger partial charge in [-0.15, -0.1) is 0 Å². The van der Waals surface area contributed by atoms with E-state index in [1.54, 1.807) is 0 Å². The summed E-state index contributed by atoms with van der Waals surface area (Å²) in [5.74, 6) is 5.99. The van der Waals surface area contributed by atoms with Crippen molar-refractivity contribution < 1.29 is 5.11 Å². The van der Waals surface area contributed by atoms with E-state index in [2.05, 4.69) is 11.8 Å². The SMILES string of the molecule is OC1C/C=C\C#CCCCC1. The zero-order chi connectivity index (χ0) is 7.94. The summed E-state index contributed by atoms with van der Waals surface area (Å²) >= 11 is 0. The Morgan fingerprint density at radius 3 is 3.18 bits per heavy atom. The number of aliphatic hydroxyl groups excluding tert-OH is 1. The predicted octanol–water partition coefficient (Wildman–Crippen LogP) is 1.87.